The van der Waals surface area contributed by atoms with Gasteiger partial charge in [0.2, 0.25) is 0 Å². The molecule has 5 heteroatoms. The molecule has 0 radical (unpaired) electrons. The van der Waals surface area contributed by atoms with Crippen LogP contribution in [0.25, 0.3) is 5.65 Å². The van der Waals surface area contributed by atoms with Crippen molar-refractivity contribution in [3.63, 3.8) is 0 Å². The van der Waals surface area contributed by atoms with Crippen molar-refractivity contribution in [1.29, 1.82) is 0 Å². The molecule has 0 amide bonds. The third kappa shape index (κ3) is 3.57. The average Bonchev–Trinajstić information content (AvgIpc) is 2.85. The number of nitrogens with one attached hydrogen (secondary N) is 1. The summed E-state index contributed by atoms with van der Waals surface area (Å²) in [6.07, 6.45) is 1.77. The van der Waals surface area contributed by atoms with Gasteiger partial charge in [0.25, 0.3) is 0 Å². The maximum absolute atomic E-state index is 11.0. The van der Waals surface area contributed by atoms with Gasteiger partial charge in [-0.2, -0.15) is 0 Å². The molecule has 1 N–H and O–H groups in total. The Hall–Kier alpha value is -2.66. The zero-order valence-electron chi connectivity index (χ0n) is 13.0. The predicted molar refractivity (Wildman–Crippen MR) is 84.6 cm³/mol. The van der Waals surface area contributed by atoms with Crippen LogP contribution < -0.4 is 10.0 Å². The first-order valence-corrected chi connectivity index (χ1v) is 7.63. The van der Waals surface area contributed by atoms with E-state index in [-0.39, 0.29) is 6.42 Å². The number of nitrogens with zero attached hydrogens (tertiary/aromatic N) is 2. The smallest absolute Gasteiger partial charge is 0.137 e. The minimum absolute atomic E-state index is 0.157. The van der Waals surface area contributed by atoms with Crippen molar-refractivity contribution in [2.45, 2.75) is 19.5 Å². The lowest BCUT2D eigenvalue weighted by Crippen LogP contribution is -3.06. The van der Waals surface area contributed by atoms with E-state index in [2.05, 4.69) is 24.2 Å². The Morgan fingerprint density at radius 2 is 1.87 bits per heavy atom. The molecule has 3 aromatic rings. The highest BCUT2D eigenvalue weighted by Crippen LogP contribution is 2.12. The van der Waals surface area contributed by atoms with E-state index in [0.717, 1.165) is 17.9 Å². The van der Waals surface area contributed by atoms with Gasteiger partial charge in [-0.3, -0.25) is 4.40 Å². The Bertz CT molecular complexity index is 812. The number of aromatic nitrogens is 2. The molecule has 0 saturated heterocycles. The van der Waals surface area contributed by atoms with Gasteiger partial charge in [-0.05, 0) is 12.1 Å². The molecule has 1 aromatic carbocycles. The number of carboxylic acids is 1. The molecule has 0 aliphatic carbocycles. The summed E-state index contributed by atoms with van der Waals surface area (Å²) in [6.45, 7) is 1.56. The molecule has 1 unspecified atom stereocenters. The fourth-order valence-corrected chi connectivity index (χ4v) is 2.85. The first kappa shape index (κ1) is 15.2. The lowest BCUT2D eigenvalue weighted by atomic mass is 10.2. The minimum atomic E-state index is -1.10. The van der Waals surface area contributed by atoms with Crippen molar-refractivity contribution in [2.75, 3.05) is 7.05 Å². The molecule has 0 bridgehead atoms. The summed E-state index contributed by atoms with van der Waals surface area (Å²) < 4.78 is 1.97. The van der Waals surface area contributed by atoms with E-state index in [1.54, 1.807) is 0 Å². The Morgan fingerprint density at radius 1 is 1.13 bits per heavy atom. The topological polar surface area (TPSA) is 61.9 Å². The number of carbonyl (C=O) groups excluding carboxylic acids is 1. The second-order valence-electron chi connectivity index (χ2n) is 5.78. The molecule has 0 spiro atoms. The van der Waals surface area contributed by atoms with Crippen LogP contribution >= 0.6 is 0 Å². The SMILES string of the molecule is C[NH+](Cc1ccccc1)Cc1c(CC(=O)[O-])nc2ccccn12. The number of quaternary nitrogens is 1. The monoisotopic (exact) mass is 309 g/mol. The molecule has 0 aliphatic rings. The standard InChI is InChI=1S/C18H19N3O2/c1-20(12-14-7-3-2-4-8-14)13-16-15(11-18(22)23)19-17-9-5-6-10-21(16)17/h2-10H,11-13H2,1H3,(H,22,23). The highest BCUT2D eigenvalue weighted by molar-refractivity contribution is 5.68. The Morgan fingerprint density at radius 3 is 2.61 bits per heavy atom. The summed E-state index contributed by atoms with van der Waals surface area (Å²) >= 11 is 0. The van der Waals surface area contributed by atoms with Crippen LogP contribution in [-0.2, 0) is 24.3 Å². The molecule has 23 heavy (non-hydrogen) atoms. The van der Waals surface area contributed by atoms with Gasteiger partial charge in [-0.1, -0.05) is 36.4 Å². The van der Waals surface area contributed by atoms with Gasteiger partial charge in [0.05, 0.1) is 12.7 Å². The van der Waals surface area contributed by atoms with Crippen molar-refractivity contribution in [3.05, 3.63) is 71.7 Å². The van der Waals surface area contributed by atoms with E-state index >= 15 is 0 Å². The first-order valence-electron chi connectivity index (χ1n) is 7.63. The number of pyridine rings is 1. The van der Waals surface area contributed by atoms with Crippen molar-refractivity contribution < 1.29 is 14.8 Å². The second kappa shape index (κ2) is 6.62. The quantitative estimate of drug-likeness (QED) is 0.688. The van der Waals surface area contributed by atoms with E-state index in [1.807, 2.05) is 47.0 Å². The number of hydrogen-bond donors (Lipinski definition) is 1. The number of hydrogen-bond acceptors (Lipinski definition) is 3. The van der Waals surface area contributed by atoms with E-state index in [0.29, 0.717) is 12.2 Å². The van der Waals surface area contributed by atoms with Crippen LogP contribution in [0.4, 0.5) is 0 Å². The van der Waals surface area contributed by atoms with Crippen LogP contribution in [-0.4, -0.2) is 22.4 Å². The summed E-state index contributed by atoms with van der Waals surface area (Å²) in [7, 11) is 2.10. The van der Waals surface area contributed by atoms with Crippen LogP contribution in [0.2, 0.25) is 0 Å². The van der Waals surface area contributed by atoms with E-state index in [1.165, 1.54) is 10.5 Å². The summed E-state index contributed by atoms with van der Waals surface area (Å²) in [4.78, 5) is 16.7. The third-order valence-electron chi connectivity index (χ3n) is 3.84. The van der Waals surface area contributed by atoms with Gasteiger partial charge in [-0.25, -0.2) is 4.98 Å². The van der Waals surface area contributed by atoms with Crippen molar-refractivity contribution in [3.8, 4) is 0 Å². The minimum Gasteiger partial charge on any atom is -0.550 e. The van der Waals surface area contributed by atoms with Crippen LogP contribution in [0, 0.1) is 0 Å². The molecule has 0 aliphatic heterocycles. The second-order valence-corrected chi connectivity index (χ2v) is 5.78. The van der Waals surface area contributed by atoms with Crippen LogP contribution in [0.1, 0.15) is 17.0 Å². The summed E-state index contributed by atoms with van der Waals surface area (Å²) in [5.74, 6) is -1.10. The summed E-state index contributed by atoms with van der Waals surface area (Å²) in [5, 5.41) is 11.0. The lowest BCUT2D eigenvalue weighted by molar-refractivity contribution is -0.908. The van der Waals surface area contributed by atoms with Crippen LogP contribution in [0.15, 0.2) is 54.7 Å². The third-order valence-corrected chi connectivity index (χ3v) is 3.84. The van der Waals surface area contributed by atoms with Gasteiger partial charge in [0, 0.05) is 24.2 Å². The normalized spacial score (nSPS) is 12.4. The van der Waals surface area contributed by atoms with Crippen molar-refractivity contribution >= 4 is 11.6 Å². The van der Waals surface area contributed by atoms with E-state index < -0.39 is 5.97 Å². The van der Waals surface area contributed by atoms with Gasteiger partial charge in [0.15, 0.2) is 0 Å². The number of rotatable bonds is 6. The Labute approximate surface area is 134 Å². The molecule has 3 rings (SSSR count). The molecule has 2 heterocycles. The molecule has 0 fully saturated rings. The molecular weight excluding hydrogens is 290 g/mol. The van der Waals surface area contributed by atoms with Gasteiger partial charge < -0.3 is 14.8 Å². The fourth-order valence-electron chi connectivity index (χ4n) is 2.85. The predicted octanol–water partition coefficient (Wildman–Crippen LogP) is -0.158. The molecule has 118 valence electrons. The number of carbonyl (C=O) groups is 1. The van der Waals surface area contributed by atoms with E-state index in [4.69, 9.17) is 0 Å². The molecule has 5 nitrogen and oxygen atoms in total. The summed E-state index contributed by atoms with van der Waals surface area (Å²) in [5.41, 5.74) is 3.54. The number of benzene rings is 1. The fraction of sp³-hybridized carbons (Fsp3) is 0.222. The van der Waals surface area contributed by atoms with Crippen molar-refractivity contribution in [1.82, 2.24) is 9.38 Å². The maximum Gasteiger partial charge on any atom is 0.137 e. The van der Waals surface area contributed by atoms with Gasteiger partial charge >= 0.3 is 0 Å². The first-order chi connectivity index (χ1) is 11.1. The van der Waals surface area contributed by atoms with Crippen LogP contribution in [0.3, 0.4) is 0 Å². The Balaban J connectivity index is 1.87. The number of carboxylic acid groups (broad SMARTS) is 1. The maximum atomic E-state index is 11.0. The lowest BCUT2D eigenvalue weighted by Gasteiger charge is -2.15. The largest absolute Gasteiger partial charge is 0.550 e. The molecule has 0 saturated carbocycles. The summed E-state index contributed by atoms with van der Waals surface area (Å²) in [6, 6.07) is 16.0. The number of aliphatic carboxylic acids is 1. The van der Waals surface area contributed by atoms with Gasteiger partial charge in [-0.15, -0.1) is 0 Å². The molecule has 2 aromatic heterocycles. The number of fused-ring (bicyclic) bond motifs is 1. The van der Waals surface area contributed by atoms with Gasteiger partial charge in [0.1, 0.15) is 24.4 Å². The van der Waals surface area contributed by atoms with E-state index in [9.17, 15) is 9.90 Å². The zero-order chi connectivity index (χ0) is 16.2. The number of imidazole rings is 1. The van der Waals surface area contributed by atoms with Crippen molar-refractivity contribution in [2.24, 2.45) is 0 Å². The zero-order valence-corrected chi connectivity index (χ0v) is 13.0. The molecular formula is C18H19N3O2. The average molecular weight is 309 g/mol. The Kier molecular flexibility index (Phi) is 4.39. The highest BCUT2D eigenvalue weighted by Gasteiger charge is 2.16. The van der Waals surface area contributed by atoms with Crippen LogP contribution in [0.5, 0.6) is 0 Å². The highest BCUT2D eigenvalue weighted by atomic mass is 16.4. The molecule has 1 atom stereocenters.